The molecule has 0 saturated carbocycles. The van der Waals surface area contributed by atoms with Gasteiger partial charge in [0.2, 0.25) is 0 Å². The van der Waals surface area contributed by atoms with Crippen molar-refractivity contribution in [2.75, 3.05) is 13.1 Å². The van der Waals surface area contributed by atoms with Crippen molar-refractivity contribution in [1.82, 2.24) is 5.32 Å². The van der Waals surface area contributed by atoms with E-state index in [0.717, 1.165) is 12.0 Å². The Labute approximate surface area is 110 Å². The summed E-state index contributed by atoms with van der Waals surface area (Å²) in [5.41, 5.74) is -1.12. The Morgan fingerprint density at radius 1 is 1.32 bits per heavy atom. The second-order valence-electron chi connectivity index (χ2n) is 4.89. The summed E-state index contributed by atoms with van der Waals surface area (Å²) in [5, 5.41) is 2.65. The third kappa shape index (κ3) is 2.39. The zero-order chi connectivity index (χ0) is 14.1. The van der Waals surface area contributed by atoms with Gasteiger partial charge in [0, 0.05) is 12.1 Å². The lowest BCUT2D eigenvalue weighted by molar-refractivity contribution is -0.197. The Morgan fingerprint density at radius 3 is 2.37 bits per heavy atom. The molecule has 1 unspecified atom stereocenters. The van der Waals surface area contributed by atoms with Crippen LogP contribution in [0.2, 0.25) is 0 Å². The fourth-order valence-corrected chi connectivity index (χ4v) is 2.42. The maximum Gasteiger partial charge on any atom is 0.402 e. The first-order chi connectivity index (χ1) is 8.90. The van der Waals surface area contributed by atoms with Gasteiger partial charge in [0.15, 0.2) is 5.78 Å². The van der Waals surface area contributed by atoms with Gasteiger partial charge in [-0.2, -0.15) is 13.2 Å². The monoisotopic (exact) mass is 271 g/mol. The van der Waals surface area contributed by atoms with E-state index in [-0.39, 0.29) is 25.1 Å². The average molecular weight is 271 g/mol. The number of carbonyl (C=O) groups is 1. The minimum Gasteiger partial charge on any atom is -0.315 e. The number of halogens is 3. The van der Waals surface area contributed by atoms with Gasteiger partial charge in [-0.3, -0.25) is 4.79 Å². The number of rotatable bonds is 3. The fourth-order valence-electron chi connectivity index (χ4n) is 2.42. The van der Waals surface area contributed by atoms with Crippen LogP contribution in [0.5, 0.6) is 0 Å². The summed E-state index contributed by atoms with van der Waals surface area (Å²) in [4.78, 5) is 12.3. The summed E-state index contributed by atoms with van der Waals surface area (Å²) < 4.78 is 39.7. The van der Waals surface area contributed by atoms with E-state index < -0.39 is 17.4 Å². The van der Waals surface area contributed by atoms with Crippen LogP contribution in [0.15, 0.2) is 24.3 Å². The van der Waals surface area contributed by atoms with Crippen LogP contribution in [0.4, 0.5) is 13.2 Å². The molecule has 1 fully saturated rings. The molecule has 2 nitrogen and oxygen atoms in total. The number of aryl methyl sites for hydroxylation is 1. The van der Waals surface area contributed by atoms with Crippen molar-refractivity contribution >= 4 is 5.78 Å². The number of alkyl halides is 3. The second-order valence-corrected chi connectivity index (χ2v) is 4.89. The van der Waals surface area contributed by atoms with Gasteiger partial charge in [0.1, 0.15) is 5.41 Å². The Bertz CT molecular complexity index is 459. The summed E-state index contributed by atoms with van der Waals surface area (Å²) in [6, 6.07) is 6.40. The van der Waals surface area contributed by atoms with E-state index in [4.69, 9.17) is 0 Å². The zero-order valence-corrected chi connectivity index (χ0v) is 10.7. The number of carbonyl (C=O) groups excluding carboxylic acids is 1. The number of Topliss-reactive ketones (excluding diaryl/α,β-unsaturated/α-hetero) is 1. The molecule has 104 valence electrons. The highest BCUT2D eigenvalue weighted by Crippen LogP contribution is 2.45. The van der Waals surface area contributed by atoms with Crippen LogP contribution in [0.1, 0.15) is 29.3 Å². The molecule has 1 aliphatic heterocycles. The average Bonchev–Trinajstić information content (AvgIpc) is 2.88. The molecule has 1 atom stereocenters. The highest BCUT2D eigenvalue weighted by Gasteiger charge is 2.61. The van der Waals surface area contributed by atoms with Crippen molar-refractivity contribution < 1.29 is 18.0 Å². The minimum atomic E-state index is -4.52. The summed E-state index contributed by atoms with van der Waals surface area (Å²) >= 11 is 0. The van der Waals surface area contributed by atoms with Crippen molar-refractivity contribution in [3.05, 3.63) is 35.4 Å². The molecule has 1 N–H and O–H groups in total. The van der Waals surface area contributed by atoms with Gasteiger partial charge in [-0.1, -0.05) is 31.2 Å². The molecule has 19 heavy (non-hydrogen) atoms. The number of hydrogen-bond donors (Lipinski definition) is 1. The molecule has 2 rings (SSSR count). The predicted octanol–water partition coefficient (Wildman–Crippen LogP) is 2.97. The van der Waals surface area contributed by atoms with E-state index in [9.17, 15) is 18.0 Å². The smallest absolute Gasteiger partial charge is 0.315 e. The van der Waals surface area contributed by atoms with Crippen molar-refractivity contribution in [3.8, 4) is 0 Å². The molecule has 1 aromatic carbocycles. The molecule has 1 heterocycles. The van der Waals surface area contributed by atoms with Gasteiger partial charge in [0.05, 0.1) is 0 Å². The summed E-state index contributed by atoms with van der Waals surface area (Å²) in [5.74, 6) is -0.826. The summed E-state index contributed by atoms with van der Waals surface area (Å²) in [7, 11) is 0. The van der Waals surface area contributed by atoms with Crippen LogP contribution in [-0.2, 0) is 6.42 Å². The van der Waals surface area contributed by atoms with E-state index in [1.54, 1.807) is 12.1 Å². The van der Waals surface area contributed by atoms with E-state index in [0.29, 0.717) is 0 Å². The topological polar surface area (TPSA) is 29.1 Å². The number of benzene rings is 1. The van der Waals surface area contributed by atoms with Crippen molar-refractivity contribution in [2.24, 2.45) is 5.41 Å². The number of ketones is 1. The lowest BCUT2D eigenvalue weighted by Crippen LogP contribution is -2.46. The van der Waals surface area contributed by atoms with Crippen molar-refractivity contribution in [2.45, 2.75) is 25.9 Å². The maximum atomic E-state index is 13.2. The third-order valence-corrected chi connectivity index (χ3v) is 3.76. The first-order valence-corrected chi connectivity index (χ1v) is 6.32. The van der Waals surface area contributed by atoms with Crippen LogP contribution < -0.4 is 5.32 Å². The minimum absolute atomic E-state index is 0.137. The fraction of sp³-hybridized carbons (Fsp3) is 0.500. The molecule has 5 heteroatoms. The number of nitrogens with one attached hydrogen (secondary N) is 1. The first-order valence-electron chi connectivity index (χ1n) is 6.32. The van der Waals surface area contributed by atoms with Crippen LogP contribution in [-0.4, -0.2) is 25.0 Å². The Balaban J connectivity index is 2.34. The molecule has 0 aromatic heterocycles. The van der Waals surface area contributed by atoms with Gasteiger partial charge in [0.25, 0.3) is 0 Å². The molecule has 0 amide bonds. The highest BCUT2D eigenvalue weighted by molar-refractivity contribution is 6.01. The molecule has 0 radical (unpaired) electrons. The van der Waals surface area contributed by atoms with Crippen LogP contribution in [0.25, 0.3) is 0 Å². The molecule has 0 spiro atoms. The van der Waals surface area contributed by atoms with Crippen LogP contribution in [0.3, 0.4) is 0 Å². The van der Waals surface area contributed by atoms with Gasteiger partial charge in [-0.25, -0.2) is 0 Å². The predicted molar refractivity (Wildman–Crippen MR) is 66.1 cm³/mol. The molecular weight excluding hydrogens is 255 g/mol. The van der Waals surface area contributed by atoms with Gasteiger partial charge < -0.3 is 5.32 Å². The summed E-state index contributed by atoms with van der Waals surface area (Å²) in [6.45, 7) is 1.85. The maximum absolute atomic E-state index is 13.2. The lowest BCUT2D eigenvalue weighted by atomic mass is 9.78. The van der Waals surface area contributed by atoms with Crippen molar-refractivity contribution in [3.63, 3.8) is 0 Å². The third-order valence-electron chi connectivity index (χ3n) is 3.76. The second kappa shape index (κ2) is 4.96. The largest absolute Gasteiger partial charge is 0.402 e. The van der Waals surface area contributed by atoms with Crippen LogP contribution >= 0.6 is 0 Å². The Hall–Kier alpha value is -1.36. The standard InChI is InChI=1S/C14H16F3NO/c1-2-10-3-5-11(6-4-10)12(19)13(14(15,16)17)7-8-18-9-13/h3-6,18H,2,7-9H2,1H3. The van der Waals surface area contributed by atoms with Gasteiger partial charge >= 0.3 is 6.18 Å². The van der Waals surface area contributed by atoms with E-state index >= 15 is 0 Å². The Morgan fingerprint density at radius 2 is 1.95 bits per heavy atom. The van der Waals surface area contributed by atoms with Crippen LogP contribution in [0, 0.1) is 5.41 Å². The van der Waals surface area contributed by atoms with Gasteiger partial charge in [-0.05, 0) is 24.9 Å². The van der Waals surface area contributed by atoms with Gasteiger partial charge in [-0.15, -0.1) is 0 Å². The van der Waals surface area contributed by atoms with Crippen molar-refractivity contribution in [1.29, 1.82) is 0 Å². The molecule has 0 aliphatic carbocycles. The van der Waals surface area contributed by atoms with E-state index in [1.807, 2.05) is 6.92 Å². The molecular formula is C14H16F3NO. The molecule has 1 aliphatic rings. The number of hydrogen-bond acceptors (Lipinski definition) is 2. The normalized spacial score (nSPS) is 23.6. The SMILES string of the molecule is CCc1ccc(C(=O)C2(C(F)(F)F)CCNC2)cc1. The van der Waals surface area contributed by atoms with E-state index in [1.165, 1.54) is 12.1 Å². The lowest BCUT2D eigenvalue weighted by Gasteiger charge is -2.29. The quantitative estimate of drug-likeness (QED) is 0.856. The summed E-state index contributed by atoms with van der Waals surface area (Å²) in [6.07, 6.45) is -3.91. The zero-order valence-electron chi connectivity index (χ0n) is 10.7. The molecule has 1 aromatic rings. The highest BCUT2D eigenvalue weighted by atomic mass is 19.4. The molecule has 0 bridgehead atoms. The first kappa shape index (κ1) is 14.1. The molecule has 1 saturated heterocycles. The Kier molecular flexibility index (Phi) is 3.67. The van der Waals surface area contributed by atoms with E-state index in [2.05, 4.69) is 5.32 Å².